The summed E-state index contributed by atoms with van der Waals surface area (Å²) in [5, 5.41) is 0. The third-order valence-electron chi connectivity index (χ3n) is 3.02. The summed E-state index contributed by atoms with van der Waals surface area (Å²) in [6, 6.07) is 2.18. The van der Waals surface area contributed by atoms with Gasteiger partial charge in [-0.05, 0) is 19.4 Å². The lowest BCUT2D eigenvalue weighted by Gasteiger charge is -2.22. The first kappa shape index (κ1) is 17.4. The van der Waals surface area contributed by atoms with E-state index in [9.17, 15) is 0 Å². The summed E-state index contributed by atoms with van der Waals surface area (Å²) in [6.07, 6.45) is 2.97. The summed E-state index contributed by atoms with van der Waals surface area (Å²) >= 11 is 0. The second-order valence-electron chi connectivity index (χ2n) is 4.13. The first-order valence-electron chi connectivity index (χ1n) is 5.53. The highest BCUT2D eigenvalue weighted by Crippen LogP contribution is 2.23. The molecular weight excluding hydrogens is 275 g/mol. The fraction of sp³-hybridized carbons (Fsp3) is 0.636. The van der Waals surface area contributed by atoms with Crippen LogP contribution in [0.5, 0.6) is 0 Å². The van der Waals surface area contributed by atoms with E-state index in [1.807, 2.05) is 13.0 Å². The van der Waals surface area contributed by atoms with Crippen molar-refractivity contribution in [1.82, 2.24) is 9.97 Å². The van der Waals surface area contributed by atoms with Crippen LogP contribution >= 0.6 is 24.8 Å². The summed E-state index contributed by atoms with van der Waals surface area (Å²) in [5.41, 5.74) is 6.74. The molecule has 1 aliphatic rings. The Bertz CT molecular complexity index is 367. The number of ether oxygens (including phenoxy) is 1. The first-order valence-corrected chi connectivity index (χ1v) is 5.53. The molecule has 0 amide bonds. The minimum absolute atomic E-state index is 0. The average molecular weight is 295 g/mol. The molecule has 2 atom stereocenters. The van der Waals surface area contributed by atoms with Gasteiger partial charge in [-0.2, -0.15) is 0 Å². The Kier molecular flexibility index (Phi) is 7.47. The predicted octanol–water partition coefficient (Wildman–Crippen LogP) is 1.18. The van der Waals surface area contributed by atoms with Crippen LogP contribution in [-0.4, -0.2) is 42.3 Å². The van der Waals surface area contributed by atoms with Crippen molar-refractivity contribution in [3.05, 3.63) is 18.0 Å². The van der Waals surface area contributed by atoms with Crippen LogP contribution in [0.2, 0.25) is 0 Å². The number of methoxy groups -OCH3 is 1. The molecule has 104 valence electrons. The van der Waals surface area contributed by atoms with Gasteiger partial charge < -0.3 is 15.4 Å². The van der Waals surface area contributed by atoms with Crippen molar-refractivity contribution in [2.75, 3.05) is 25.1 Å². The van der Waals surface area contributed by atoms with E-state index in [1.54, 1.807) is 13.3 Å². The maximum atomic E-state index is 5.76. The highest BCUT2D eigenvalue weighted by Gasteiger charge is 2.32. The SMILES string of the molecule is CO[C@@H]1C[C@H](CN)N(c2nccc(C)n2)C1.Cl.Cl. The van der Waals surface area contributed by atoms with Gasteiger partial charge in [-0.15, -0.1) is 24.8 Å². The van der Waals surface area contributed by atoms with E-state index in [4.69, 9.17) is 10.5 Å². The Morgan fingerprint density at radius 2 is 2.22 bits per heavy atom. The van der Waals surface area contributed by atoms with E-state index in [0.29, 0.717) is 6.54 Å². The molecule has 0 radical (unpaired) electrons. The number of rotatable bonds is 3. The van der Waals surface area contributed by atoms with E-state index in [1.165, 1.54) is 0 Å². The highest BCUT2D eigenvalue weighted by molar-refractivity contribution is 5.85. The minimum Gasteiger partial charge on any atom is -0.380 e. The van der Waals surface area contributed by atoms with E-state index in [2.05, 4.69) is 14.9 Å². The van der Waals surface area contributed by atoms with Gasteiger partial charge in [0.05, 0.1) is 6.10 Å². The van der Waals surface area contributed by atoms with Gasteiger partial charge in [0, 0.05) is 38.1 Å². The fourth-order valence-corrected chi connectivity index (χ4v) is 2.09. The van der Waals surface area contributed by atoms with Gasteiger partial charge in [-0.1, -0.05) is 0 Å². The Morgan fingerprint density at radius 3 is 2.78 bits per heavy atom. The summed E-state index contributed by atoms with van der Waals surface area (Å²) < 4.78 is 5.37. The second kappa shape index (κ2) is 7.74. The Labute approximate surface area is 120 Å². The van der Waals surface area contributed by atoms with Gasteiger partial charge in [-0.3, -0.25) is 0 Å². The topological polar surface area (TPSA) is 64.3 Å². The second-order valence-corrected chi connectivity index (χ2v) is 4.13. The third kappa shape index (κ3) is 3.68. The van der Waals surface area contributed by atoms with Gasteiger partial charge in [0.1, 0.15) is 0 Å². The number of nitrogens with zero attached hydrogens (tertiary/aromatic N) is 3. The van der Waals surface area contributed by atoms with Crippen molar-refractivity contribution in [3.8, 4) is 0 Å². The van der Waals surface area contributed by atoms with Crippen molar-refractivity contribution >= 4 is 30.8 Å². The van der Waals surface area contributed by atoms with E-state index in [-0.39, 0.29) is 37.0 Å². The van der Waals surface area contributed by atoms with Gasteiger partial charge in [0.2, 0.25) is 5.95 Å². The number of anilines is 1. The van der Waals surface area contributed by atoms with Crippen LogP contribution in [0.4, 0.5) is 5.95 Å². The van der Waals surface area contributed by atoms with Gasteiger partial charge in [0.25, 0.3) is 0 Å². The zero-order valence-electron chi connectivity index (χ0n) is 10.6. The first-order chi connectivity index (χ1) is 7.74. The van der Waals surface area contributed by atoms with Crippen molar-refractivity contribution in [2.24, 2.45) is 5.73 Å². The zero-order valence-corrected chi connectivity index (χ0v) is 12.2. The molecule has 2 N–H and O–H groups in total. The standard InChI is InChI=1S/C11H18N4O.2ClH/c1-8-3-4-13-11(14-8)15-7-10(16-2)5-9(15)6-12;;/h3-4,9-10H,5-7,12H2,1-2H3;2*1H/t9-,10-;;/m1../s1. The molecule has 1 saturated heterocycles. The van der Waals surface area contributed by atoms with E-state index in [0.717, 1.165) is 24.6 Å². The number of aryl methyl sites for hydroxylation is 1. The monoisotopic (exact) mass is 294 g/mol. The molecule has 18 heavy (non-hydrogen) atoms. The Hall–Kier alpha value is -0.620. The molecule has 0 saturated carbocycles. The largest absolute Gasteiger partial charge is 0.380 e. The van der Waals surface area contributed by atoms with Crippen LogP contribution in [-0.2, 0) is 4.74 Å². The number of aromatic nitrogens is 2. The molecule has 0 spiro atoms. The normalized spacial score (nSPS) is 22.3. The third-order valence-corrected chi connectivity index (χ3v) is 3.02. The van der Waals surface area contributed by atoms with Crippen LogP contribution in [0.3, 0.4) is 0 Å². The van der Waals surface area contributed by atoms with Gasteiger partial charge in [0.15, 0.2) is 0 Å². The molecular formula is C11H20Cl2N4O. The van der Waals surface area contributed by atoms with E-state index >= 15 is 0 Å². The summed E-state index contributed by atoms with van der Waals surface area (Å²) in [7, 11) is 1.73. The lowest BCUT2D eigenvalue weighted by molar-refractivity contribution is 0.118. The fourth-order valence-electron chi connectivity index (χ4n) is 2.09. The van der Waals surface area contributed by atoms with E-state index < -0.39 is 0 Å². The zero-order chi connectivity index (χ0) is 11.5. The van der Waals surface area contributed by atoms with Crippen LogP contribution in [0.25, 0.3) is 0 Å². The number of hydrogen-bond donors (Lipinski definition) is 1. The smallest absolute Gasteiger partial charge is 0.225 e. The molecule has 1 aliphatic heterocycles. The highest BCUT2D eigenvalue weighted by atomic mass is 35.5. The maximum Gasteiger partial charge on any atom is 0.225 e. The molecule has 1 aromatic rings. The van der Waals surface area contributed by atoms with Crippen LogP contribution < -0.4 is 10.6 Å². The Morgan fingerprint density at radius 1 is 1.50 bits per heavy atom. The molecule has 2 rings (SSSR count). The van der Waals surface area contributed by atoms with Gasteiger partial charge >= 0.3 is 0 Å². The van der Waals surface area contributed by atoms with Crippen molar-refractivity contribution in [3.63, 3.8) is 0 Å². The lowest BCUT2D eigenvalue weighted by atomic mass is 10.2. The molecule has 0 unspecified atom stereocenters. The number of nitrogens with two attached hydrogens (primary N) is 1. The Balaban J connectivity index is 0.00000144. The van der Waals surface area contributed by atoms with Crippen LogP contribution in [0.1, 0.15) is 12.1 Å². The number of hydrogen-bond acceptors (Lipinski definition) is 5. The van der Waals surface area contributed by atoms with Gasteiger partial charge in [-0.25, -0.2) is 9.97 Å². The lowest BCUT2D eigenvalue weighted by Crippen LogP contribution is -2.36. The summed E-state index contributed by atoms with van der Waals surface area (Å²) in [6.45, 7) is 3.39. The van der Waals surface area contributed by atoms with Crippen molar-refractivity contribution in [2.45, 2.75) is 25.5 Å². The molecule has 7 heteroatoms. The van der Waals surface area contributed by atoms with Crippen molar-refractivity contribution < 1.29 is 4.74 Å². The molecule has 5 nitrogen and oxygen atoms in total. The predicted molar refractivity (Wildman–Crippen MR) is 76.9 cm³/mol. The van der Waals surface area contributed by atoms with Crippen molar-refractivity contribution in [1.29, 1.82) is 0 Å². The van der Waals surface area contributed by atoms with Crippen LogP contribution in [0, 0.1) is 6.92 Å². The average Bonchev–Trinajstić information content (AvgIpc) is 2.72. The molecule has 0 aliphatic carbocycles. The molecule has 0 bridgehead atoms. The van der Waals surface area contributed by atoms with Crippen LogP contribution in [0.15, 0.2) is 12.3 Å². The summed E-state index contributed by atoms with van der Waals surface area (Å²) in [4.78, 5) is 10.9. The molecule has 1 aromatic heterocycles. The minimum atomic E-state index is 0. The maximum absolute atomic E-state index is 5.76. The molecule has 2 heterocycles. The molecule has 0 aromatic carbocycles. The molecule has 1 fully saturated rings. The number of halogens is 2. The quantitative estimate of drug-likeness (QED) is 0.907. The summed E-state index contributed by atoms with van der Waals surface area (Å²) in [5.74, 6) is 0.759.